The van der Waals surface area contributed by atoms with Crippen LogP contribution in [0.25, 0.3) is 22.3 Å². The van der Waals surface area contributed by atoms with Crippen LogP contribution in [0, 0.1) is 0 Å². The summed E-state index contributed by atoms with van der Waals surface area (Å²) >= 11 is 0. The Labute approximate surface area is 276 Å². The molecule has 10 unspecified atom stereocenters. The summed E-state index contributed by atoms with van der Waals surface area (Å²) in [5.41, 5.74) is 0.256. The van der Waals surface area contributed by atoms with Gasteiger partial charge in [-0.05, 0) is 24.3 Å². The third kappa shape index (κ3) is 7.93. The van der Waals surface area contributed by atoms with Gasteiger partial charge in [-0.15, -0.1) is 0 Å². The fraction of sp³-hybridized carbons (Fsp3) is 0.452. The van der Waals surface area contributed by atoms with Crippen LogP contribution in [0.3, 0.4) is 0 Å². The summed E-state index contributed by atoms with van der Waals surface area (Å²) in [4.78, 5) is 22.7. The molecule has 2 aliphatic heterocycles. The molecule has 3 aromatic rings. The van der Waals surface area contributed by atoms with Gasteiger partial charge < -0.3 is 74.7 Å². The van der Waals surface area contributed by atoms with Crippen LogP contribution >= 0.6 is 0 Å². The molecule has 0 amide bonds. The Morgan fingerprint density at radius 3 is 1.92 bits per heavy atom. The van der Waals surface area contributed by atoms with E-state index in [1.807, 2.05) is 0 Å². The number of aliphatic hydroxyl groups is 7. The highest BCUT2D eigenvalue weighted by atomic mass is 16.7. The molecule has 2 saturated heterocycles. The quantitative estimate of drug-likeness (QED) is 0.0812. The van der Waals surface area contributed by atoms with Gasteiger partial charge >= 0.3 is 23.3 Å². The van der Waals surface area contributed by atoms with Crippen LogP contribution in [0.5, 0.6) is 23.0 Å². The van der Waals surface area contributed by atoms with Crippen LogP contribution in [0.4, 0.5) is 0 Å². The summed E-state index contributed by atoms with van der Waals surface area (Å²) < 4.78 is 33.9. The van der Waals surface area contributed by atoms with Gasteiger partial charge in [0.1, 0.15) is 78.1 Å². The molecule has 10 N–H and O–H groups in total. The molecule has 0 aliphatic carbocycles. The zero-order chi connectivity index (χ0) is 35.6. The molecule has 5 rings (SSSR count). The summed E-state index contributed by atoms with van der Waals surface area (Å²) in [6, 6.07) is 9.14. The Morgan fingerprint density at radius 1 is 0.714 bits per heavy atom. The molecule has 18 heteroatoms. The standard InChI is InChI=1S/C31H34O18/c32-10-19-23(38)25(40)27(42)30(48-19)46-17-8-14(34)7-16-15(17)9-18(29(45-16)12-1-3-13(33)4-2-12)47-31-28(43)26(41)24(39)20(49-31)11-44-22(37)6-5-21(35)36/h1-4,7-9,19-20,23-28,30-32,38-43H,5-6,10-11H2,(H2-,33,34,35,36)/p+1. The summed E-state index contributed by atoms with van der Waals surface area (Å²) in [5, 5.41) is 101. The summed E-state index contributed by atoms with van der Waals surface area (Å²) in [5.74, 6) is -3.11. The monoisotopic (exact) mass is 695 g/mol. The first kappa shape index (κ1) is 35.9. The highest BCUT2D eigenvalue weighted by Gasteiger charge is 2.47. The first-order chi connectivity index (χ1) is 23.3. The lowest BCUT2D eigenvalue weighted by Gasteiger charge is -2.39. The maximum atomic E-state index is 12.0. The third-order valence-corrected chi connectivity index (χ3v) is 7.88. The van der Waals surface area contributed by atoms with Crippen molar-refractivity contribution in [3.05, 3.63) is 42.5 Å². The SMILES string of the molecule is O=C(O)CCC(=O)OCC1OC(Oc2cc3c(OC4OC(CO)C(O)C(O)C4O)cc(O)cc3[o+]c2-c2ccc(O)cc2)C(O)C(O)C1O. The number of aromatic hydroxyl groups is 2. The number of carbonyl (C=O) groups is 2. The predicted molar refractivity (Wildman–Crippen MR) is 159 cm³/mol. The topological polar surface area (TPSA) is 294 Å². The molecular formula is C31H35O18+. The third-order valence-electron chi connectivity index (χ3n) is 7.88. The molecule has 18 nitrogen and oxygen atoms in total. The van der Waals surface area contributed by atoms with Crippen molar-refractivity contribution >= 4 is 22.9 Å². The molecule has 49 heavy (non-hydrogen) atoms. The zero-order valence-electron chi connectivity index (χ0n) is 25.4. The van der Waals surface area contributed by atoms with E-state index >= 15 is 0 Å². The van der Waals surface area contributed by atoms with E-state index in [2.05, 4.69) is 0 Å². The van der Waals surface area contributed by atoms with Crippen LogP contribution in [-0.4, -0.2) is 138 Å². The number of hydrogen-bond acceptors (Lipinski definition) is 16. The smallest absolute Gasteiger partial charge is 0.402 e. The van der Waals surface area contributed by atoms with E-state index in [-0.39, 0.29) is 39.7 Å². The second kappa shape index (κ2) is 15.0. The van der Waals surface area contributed by atoms with E-state index in [4.69, 9.17) is 33.2 Å². The number of esters is 1. The second-order valence-corrected chi connectivity index (χ2v) is 11.4. The molecule has 0 radical (unpaired) electrons. The summed E-state index contributed by atoms with van der Waals surface area (Å²) in [6.45, 7) is -1.38. The largest absolute Gasteiger partial charge is 0.508 e. The minimum atomic E-state index is -1.89. The fourth-order valence-electron chi connectivity index (χ4n) is 5.19. The number of phenols is 2. The molecule has 3 heterocycles. The average Bonchev–Trinajstić information content (AvgIpc) is 3.07. The Hall–Kier alpha value is -4.37. The molecule has 0 spiro atoms. The van der Waals surface area contributed by atoms with Gasteiger partial charge in [0, 0.05) is 12.1 Å². The number of carbonyl (C=O) groups excluding carboxylic acids is 1. The summed E-state index contributed by atoms with van der Waals surface area (Å²) in [7, 11) is 0. The van der Waals surface area contributed by atoms with E-state index in [0.29, 0.717) is 5.56 Å². The van der Waals surface area contributed by atoms with Crippen LogP contribution in [-0.2, 0) is 23.8 Å². The molecule has 0 saturated carbocycles. The Bertz CT molecular complexity index is 1630. The zero-order valence-corrected chi connectivity index (χ0v) is 25.4. The highest BCUT2D eigenvalue weighted by molar-refractivity contribution is 5.88. The molecule has 266 valence electrons. The molecular weight excluding hydrogens is 660 g/mol. The number of carboxylic acids is 1. The number of rotatable bonds is 11. The highest BCUT2D eigenvalue weighted by Crippen LogP contribution is 2.42. The van der Waals surface area contributed by atoms with Crippen LogP contribution in [0.2, 0.25) is 0 Å². The van der Waals surface area contributed by atoms with Crippen molar-refractivity contribution in [1.82, 2.24) is 0 Å². The van der Waals surface area contributed by atoms with Crippen LogP contribution in [0.15, 0.2) is 46.9 Å². The minimum absolute atomic E-state index is 0.0401. The van der Waals surface area contributed by atoms with Crippen LogP contribution < -0.4 is 9.47 Å². The van der Waals surface area contributed by atoms with E-state index < -0.39 is 99.4 Å². The Morgan fingerprint density at radius 2 is 1.31 bits per heavy atom. The fourth-order valence-corrected chi connectivity index (χ4v) is 5.19. The van der Waals surface area contributed by atoms with Gasteiger partial charge in [0.15, 0.2) is 0 Å². The molecule has 2 aliphatic rings. The van der Waals surface area contributed by atoms with E-state index in [9.17, 15) is 55.5 Å². The molecule has 2 aromatic carbocycles. The second-order valence-electron chi connectivity index (χ2n) is 11.4. The Balaban J connectivity index is 1.50. The van der Waals surface area contributed by atoms with Crippen LogP contribution in [0.1, 0.15) is 12.8 Å². The lowest BCUT2D eigenvalue weighted by Crippen LogP contribution is -2.60. The van der Waals surface area contributed by atoms with Gasteiger partial charge in [-0.25, -0.2) is 4.42 Å². The average molecular weight is 696 g/mol. The van der Waals surface area contributed by atoms with Gasteiger partial charge in [0.05, 0.1) is 31.1 Å². The summed E-state index contributed by atoms with van der Waals surface area (Å²) in [6.07, 6.45) is -17.9. The van der Waals surface area contributed by atoms with Crippen molar-refractivity contribution in [3.63, 3.8) is 0 Å². The lowest BCUT2D eigenvalue weighted by atomic mass is 9.99. The van der Waals surface area contributed by atoms with Gasteiger partial charge in [0.25, 0.3) is 0 Å². The first-order valence-corrected chi connectivity index (χ1v) is 14.9. The number of carboxylic acid groups (broad SMARTS) is 1. The van der Waals surface area contributed by atoms with Crippen molar-refractivity contribution in [2.24, 2.45) is 0 Å². The number of benzene rings is 2. The van der Waals surface area contributed by atoms with Crippen molar-refractivity contribution in [2.75, 3.05) is 13.2 Å². The van der Waals surface area contributed by atoms with Gasteiger partial charge in [0.2, 0.25) is 18.3 Å². The van der Waals surface area contributed by atoms with Gasteiger partial charge in [-0.2, -0.15) is 0 Å². The Kier molecular flexibility index (Phi) is 11.0. The number of hydrogen-bond donors (Lipinski definition) is 10. The molecule has 1 aromatic heterocycles. The van der Waals surface area contributed by atoms with Crippen molar-refractivity contribution < 1.29 is 88.8 Å². The van der Waals surface area contributed by atoms with E-state index in [0.717, 1.165) is 6.07 Å². The minimum Gasteiger partial charge on any atom is -0.508 e. The number of phenolic OH excluding ortho intramolecular Hbond substituents is 2. The van der Waals surface area contributed by atoms with E-state index in [1.165, 1.54) is 36.4 Å². The van der Waals surface area contributed by atoms with Crippen molar-refractivity contribution in [2.45, 2.75) is 74.3 Å². The van der Waals surface area contributed by atoms with Crippen molar-refractivity contribution in [3.8, 4) is 34.3 Å². The van der Waals surface area contributed by atoms with Gasteiger partial charge in [-0.1, -0.05) is 0 Å². The van der Waals surface area contributed by atoms with E-state index in [1.54, 1.807) is 0 Å². The van der Waals surface area contributed by atoms with Gasteiger partial charge in [-0.3, -0.25) is 9.59 Å². The molecule has 10 atom stereocenters. The number of fused-ring (bicyclic) bond motifs is 1. The number of aliphatic hydroxyl groups excluding tert-OH is 7. The lowest BCUT2D eigenvalue weighted by molar-refractivity contribution is -0.278. The maximum Gasteiger partial charge on any atom is 0.402 e. The molecule has 2 fully saturated rings. The number of aliphatic carboxylic acids is 1. The van der Waals surface area contributed by atoms with Crippen molar-refractivity contribution in [1.29, 1.82) is 0 Å². The molecule has 0 bridgehead atoms. The predicted octanol–water partition coefficient (Wildman–Crippen LogP) is -1.43. The maximum absolute atomic E-state index is 12.0. The first-order valence-electron chi connectivity index (χ1n) is 14.9. The normalized spacial score (nSPS) is 30.1. The number of ether oxygens (including phenoxy) is 5.